The van der Waals surface area contributed by atoms with Crippen molar-refractivity contribution in [1.82, 2.24) is 10.6 Å². The average Bonchev–Trinajstić information content (AvgIpc) is 3.20. The Kier molecular flexibility index (Phi) is 9.39. The Hall–Kier alpha value is -2.10. The molecule has 4 N–H and O–H groups in total. The summed E-state index contributed by atoms with van der Waals surface area (Å²) in [6.45, 7) is 4.77. The second-order valence-electron chi connectivity index (χ2n) is 9.04. The normalized spacial score (nSPS) is 18.4. The van der Waals surface area contributed by atoms with E-state index in [0.717, 1.165) is 11.1 Å². The highest BCUT2D eigenvalue weighted by atomic mass is 35.5. The molecule has 1 heterocycles. The van der Waals surface area contributed by atoms with Gasteiger partial charge in [0, 0.05) is 36.0 Å². The molecule has 182 valence electrons. The number of benzene rings is 2. The van der Waals surface area contributed by atoms with E-state index in [1.165, 1.54) is 0 Å². The topological polar surface area (TPSA) is 103 Å². The third kappa shape index (κ3) is 7.20. The molecule has 0 aromatic heterocycles. The first-order chi connectivity index (χ1) is 16.2. The van der Waals surface area contributed by atoms with Crippen LogP contribution in [0.15, 0.2) is 53.7 Å². The first kappa shape index (κ1) is 26.5. The minimum Gasteiger partial charge on any atom is -0.426 e. The maximum Gasteiger partial charge on any atom is 0.475 e. The van der Waals surface area contributed by atoms with Crippen molar-refractivity contribution in [3.05, 3.63) is 69.7 Å². The summed E-state index contributed by atoms with van der Waals surface area (Å²) in [5, 5.41) is 31.0. The van der Waals surface area contributed by atoms with E-state index in [2.05, 4.69) is 15.8 Å². The van der Waals surface area contributed by atoms with Crippen molar-refractivity contribution in [2.24, 2.45) is 11.1 Å². The molecule has 7 nitrogen and oxygen atoms in total. The number of hydrogen-bond acceptors (Lipinski definition) is 6. The molecule has 0 saturated heterocycles. The molecule has 1 aliphatic heterocycles. The lowest BCUT2D eigenvalue weighted by Crippen LogP contribution is -2.56. The molecule has 10 heteroatoms. The third-order valence-corrected chi connectivity index (χ3v) is 6.24. The molecule has 1 amide bonds. The molecule has 0 aliphatic carbocycles. The second-order valence-corrected chi connectivity index (χ2v) is 9.89. The van der Waals surface area contributed by atoms with Crippen LogP contribution in [0.25, 0.3) is 0 Å². The van der Waals surface area contributed by atoms with E-state index in [4.69, 9.17) is 28.0 Å². The van der Waals surface area contributed by atoms with Gasteiger partial charge in [-0.3, -0.25) is 4.79 Å². The number of hydrogen-bond donors (Lipinski definition) is 4. The molecule has 34 heavy (non-hydrogen) atoms. The van der Waals surface area contributed by atoms with Crippen molar-refractivity contribution >= 4 is 41.9 Å². The zero-order valence-corrected chi connectivity index (χ0v) is 20.8. The minimum atomic E-state index is -1.67. The Balaban J connectivity index is 1.70. The van der Waals surface area contributed by atoms with Crippen molar-refractivity contribution in [1.29, 1.82) is 0 Å². The second kappa shape index (κ2) is 12.0. The van der Waals surface area contributed by atoms with Crippen LogP contribution in [0.2, 0.25) is 10.0 Å². The smallest absolute Gasteiger partial charge is 0.426 e. The molecular formula is C24H30BCl2N3O4. The molecule has 1 aliphatic rings. The van der Waals surface area contributed by atoms with Crippen LogP contribution >= 0.6 is 23.2 Å². The molecule has 0 saturated carbocycles. The summed E-state index contributed by atoms with van der Waals surface area (Å²) >= 11 is 12.3. The van der Waals surface area contributed by atoms with Gasteiger partial charge in [-0.25, -0.2) is 0 Å². The molecule has 0 bridgehead atoms. The predicted octanol–water partition coefficient (Wildman–Crippen LogP) is 3.38. The fraction of sp³-hybridized carbons (Fsp3) is 0.417. The van der Waals surface area contributed by atoms with Crippen molar-refractivity contribution < 1.29 is 19.7 Å². The summed E-state index contributed by atoms with van der Waals surface area (Å²) in [5.41, 5.74) is 1.17. The SMILES string of the molecule is CC(C)CC(NC(=O)C1(Cc2ccccc2)CC(CNCc2cc(Cl)ccc2Cl)=NO1)B(O)O. The fourth-order valence-corrected chi connectivity index (χ4v) is 4.33. The molecular weight excluding hydrogens is 476 g/mol. The van der Waals surface area contributed by atoms with E-state index in [0.29, 0.717) is 41.7 Å². The van der Waals surface area contributed by atoms with Gasteiger partial charge in [-0.2, -0.15) is 0 Å². The summed E-state index contributed by atoms with van der Waals surface area (Å²) < 4.78 is 0. The van der Waals surface area contributed by atoms with E-state index in [1.807, 2.05) is 44.2 Å². The molecule has 2 aromatic carbocycles. The van der Waals surface area contributed by atoms with E-state index >= 15 is 0 Å². The Bertz CT molecular complexity index is 1010. The molecule has 2 atom stereocenters. The lowest BCUT2D eigenvalue weighted by molar-refractivity contribution is -0.144. The number of carbonyl (C=O) groups excluding carboxylic acids is 1. The summed E-state index contributed by atoms with van der Waals surface area (Å²) in [6.07, 6.45) is 0.975. The molecule has 0 radical (unpaired) electrons. The van der Waals surface area contributed by atoms with E-state index in [9.17, 15) is 14.8 Å². The van der Waals surface area contributed by atoms with Gasteiger partial charge in [0.1, 0.15) is 0 Å². The standard InChI is InChI=1S/C24H30BCl2N3O4/c1-16(2)10-22(25(32)33)29-23(31)24(12-17-6-4-3-5-7-17)13-20(30-34-24)15-28-14-18-11-19(26)8-9-21(18)27/h3-9,11,16,22,28,32-33H,10,12-15H2,1-2H3,(H,29,31). The maximum absolute atomic E-state index is 13.4. The highest BCUT2D eigenvalue weighted by Gasteiger charge is 2.47. The van der Waals surface area contributed by atoms with Gasteiger partial charge in [0.15, 0.2) is 0 Å². The highest BCUT2D eigenvalue weighted by Crippen LogP contribution is 2.29. The van der Waals surface area contributed by atoms with E-state index in [-0.39, 0.29) is 12.3 Å². The fourth-order valence-electron chi connectivity index (χ4n) is 3.95. The number of nitrogens with one attached hydrogen (secondary N) is 2. The van der Waals surface area contributed by atoms with Gasteiger partial charge in [-0.1, -0.05) is 72.5 Å². The largest absolute Gasteiger partial charge is 0.475 e. The summed E-state index contributed by atoms with van der Waals surface area (Å²) in [6, 6.07) is 14.8. The van der Waals surface area contributed by atoms with Crippen LogP contribution in [0.5, 0.6) is 0 Å². The quantitative estimate of drug-likeness (QED) is 0.350. The van der Waals surface area contributed by atoms with Gasteiger partial charge in [0.2, 0.25) is 5.60 Å². The average molecular weight is 506 g/mol. The lowest BCUT2D eigenvalue weighted by atomic mass is 9.74. The third-order valence-electron chi connectivity index (χ3n) is 5.64. The number of oxime groups is 1. The number of carbonyl (C=O) groups is 1. The van der Waals surface area contributed by atoms with Crippen LogP contribution in [-0.4, -0.2) is 46.9 Å². The van der Waals surface area contributed by atoms with Crippen LogP contribution in [0.4, 0.5) is 0 Å². The first-order valence-electron chi connectivity index (χ1n) is 11.3. The predicted molar refractivity (Wildman–Crippen MR) is 136 cm³/mol. The van der Waals surface area contributed by atoms with Gasteiger partial charge >= 0.3 is 7.12 Å². The first-order valence-corrected chi connectivity index (χ1v) is 12.0. The van der Waals surface area contributed by atoms with Gasteiger partial charge in [-0.05, 0) is 41.7 Å². The Labute approximate surface area is 210 Å². The highest BCUT2D eigenvalue weighted by molar-refractivity contribution is 6.43. The number of nitrogens with zero attached hydrogens (tertiary/aromatic N) is 1. The van der Waals surface area contributed by atoms with Gasteiger partial charge in [0.25, 0.3) is 5.91 Å². The Morgan fingerprint density at radius 1 is 1.18 bits per heavy atom. The summed E-state index contributed by atoms with van der Waals surface area (Å²) in [7, 11) is -1.67. The van der Waals surface area contributed by atoms with E-state index < -0.39 is 24.6 Å². The zero-order valence-electron chi connectivity index (χ0n) is 19.3. The van der Waals surface area contributed by atoms with Crippen molar-refractivity contribution in [3.63, 3.8) is 0 Å². The molecule has 0 spiro atoms. The summed E-state index contributed by atoms with van der Waals surface area (Å²) in [4.78, 5) is 19.2. The molecule has 0 fully saturated rings. The number of halogens is 2. The van der Waals surface area contributed by atoms with Gasteiger partial charge in [-0.15, -0.1) is 0 Å². The number of rotatable bonds is 11. The maximum atomic E-state index is 13.4. The van der Waals surface area contributed by atoms with E-state index in [1.54, 1.807) is 18.2 Å². The van der Waals surface area contributed by atoms with Crippen LogP contribution in [0.3, 0.4) is 0 Å². The van der Waals surface area contributed by atoms with Crippen LogP contribution < -0.4 is 10.6 Å². The summed E-state index contributed by atoms with van der Waals surface area (Å²) in [5.74, 6) is -1.07. The van der Waals surface area contributed by atoms with Crippen LogP contribution in [-0.2, 0) is 22.6 Å². The van der Waals surface area contributed by atoms with Crippen molar-refractivity contribution in [3.8, 4) is 0 Å². The monoisotopic (exact) mass is 505 g/mol. The van der Waals surface area contributed by atoms with Gasteiger partial charge < -0.3 is 25.5 Å². The lowest BCUT2D eigenvalue weighted by Gasteiger charge is -2.29. The van der Waals surface area contributed by atoms with Crippen molar-refractivity contribution in [2.75, 3.05) is 6.54 Å². The molecule has 3 rings (SSSR count). The Morgan fingerprint density at radius 2 is 1.91 bits per heavy atom. The Morgan fingerprint density at radius 3 is 2.59 bits per heavy atom. The van der Waals surface area contributed by atoms with Gasteiger partial charge in [0.05, 0.1) is 11.7 Å². The molecule has 2 aromatic rings. The number of amides is 1. The molecule has 2 unspecified atom stereocenters. The van der Waals surface area contributed by atoms with Crippen LogP contribution in [0, 0.1) is 5.92 Å². The van der Waals surface area contributed by atoms with Crippen molar-refractivity contribution in [2.45, 2.75) is 51.2 Å². The van der Waals surface area contributed by atoms with Crippen LogP contribution in [0.1, 0.15) is 37.8 Å². The minimum absolute atomic E-state index is 0.163. The zero-order chi connectivity index (χ0) is 24.7.